The fraction of sp³-hybridized carbons (Fsp3) is 0. The maximum atomic E-state index is 11.5. The molecule has 0 saturated carbocycles. The van der Waals surface area contributed by atoms with Gasteiger partial charge in [0.15, 0.2) is 0 Å². The van der Waals surface area contributed by atoms with Gasteiger partial charge < -0.3 is 20.7 Å². The Bertz CT molecular complexity index is 802. The summed E-state index contributed by atoms with van der Waals surface area (Å²) in [6.07, 6.45) is 0. The molecule has 0 bridgehead atoms. The molecule has 0 fully saturated rings. The molecule has 1 aromatic carbocycles. The molecule has 0 aliphatic carbocycles. The Morgan fingerprint density at radius 1 is 1.43 bits per heavy atom. The van der Waals surface area contributed by atoms with Crippen molar-refractivity contribution in [3.05, 3.63) is 38.6 Å². The zero-order valence-electron chi connectivity index (χ0n) is 10.2. The first-order chi connectivity index (χ1) is 9.88. The summed E-state index contributed by atoms with van der Waals surface area (Å²) >= 11 is 3.11. The number of halogens is 1. The Morgan fingerprint density at radius 3 is 2.76 bits per heavy atom. The van der Waals surface area contributed by atoms with E-state index < -0.39 is 23.1 Å². The fourth-order valence-corrected chi connectivity index (χ4v) is 1.79. The third-order valence-electron chi connectivity index (χ3n) is 2.33. The van der Waals surface area contributed by atoms with Gasteiger partial charge in [0.25, 0.3) is 5.56 Å². The largest absolute Gasteiger partial charge is 0.545 e. The third kappa shape index (κ3) is 3.23. The molecule has 4 N–H and O–H groups in total. The van der Waals surface area contributed by atoms with Gasteiger partial charge in [0.2, 0.25) is 17.5 Å². The lowest BCUT2D eigenvalue weighted by Crippen LogP contribution is -2.22. The number of aromatic nitrogens is 2. The van der Waals surface area contributed by atoms with Crippen LogP contribution in [-0.2, 0) is 0 Å². The molecule has 108 valence electrons. The van der Waals surface area contributed by atoms with Crippen LogP contribution in [-0.4, -0.2) is 21.0 Å². The van der Waals surface area contributed by atoms with E-state index in [1.54, 1.807) is 0 Å². The van der Waals surface area contributed by atoms with Crippen molar-refractivity contribution in [3.8, 4) is 5.88 Å². The Hall–Kier alpha value is -2.75. The second kappa shape index (κ2) is 5.71. The number of nitrogen functional groups attached to an aromatic ring is 1. The number of nitrogens with one attached hydrogen (secondary N) is 1. The molecule has 9 nitrogen and oxygen atoms in total. The first-order valence-corrected chi connectivity index (χ1v) is 6.19. The van der Waals surface area contributed by atoms with Gasteiger partial charge in [0, 0.05) is 10.0 Å². The number of carbonyl (C=O) groups excluding carboxylic acids is 1. The van der Waals surface area contributed by atoms with Crippen molar-refractivity contribution in [1.82, 2.24) is 9.97 Å². The van der Waals surface area contributed by atoms with E-state index in [0.29, 0.717) is 4.47 Å². The van der Waals surface area contributed by atoms with Crippen LogP contribution in [0.3, 0.4) is 0 Å². The number of nitrogens with zero attached hydrogens (tertiary/aromatic N) is 3. The number of carboxylic acids is 1. The van der Waals surface area contributed by atoms with Crippen molar-refractivity contribution in [2.24, 2.45) is 10.2 Å². The normalized spacial score (nSPS) is 10.9. The SMILES string of the molecule is Nc1nc(O)c(N=Nc2ccc(Br)cc2C(=O)[O-])c(=O)[nH]1. The van der Waals surface area contributed by atoms with Gasteiger partial charge in [0.05, 0.1) is 11.7 Å². The zero-order valence-corrected chi connectivity index (χ0v) is 11.8. The average Bonchev–Trinajstić information content (AvgIpc) is 2.38. The Labute approximate surface area is 125 Å². The molecule has 2 rings (SSSR count). The minimum atomic E-state index is -1.46. The van der Waals surface area contributed by atoms with Crippen molar-refractivity contribution in [2.45, 2.75) is 0 Å². The standard InChI is InChI=1S/C11H8BrN5O4/c12-4-1-2-6(5(3-4)10(20)21)16-17-7-8(18)14-11(13)15-9(7)19/h1-3H,(H,20,21)(H4,13,14,15,18,19)/p-1. The molecule has 2 aromatic rings. The molecule has 1 heterocycles. The number of carbonyl (C=O) groups is 1. The topological polar surface area (TPSA) is 157 Å². The summed E-state index contributed by atoms with van der Waals surface area (Å²) in [6, 6.07) is 4.16. The van der Waals surface area contributed by atoms with Gasteiger partial charge in [-0.3, -0.25) is 9.78 Å². The summed E-state index contributed by atoms with van der Waals surface area (Å²) < 4.78 is 0.510. The summed E-state index contributed by atoms with van der Waals surface area (Å²) in [6.45, 7) is 0. The smallest absolute Gasteiger partial charge is 0.284 e. The van der Waals surface area contributed by atoms with Crippen molar-refractivity contribution in [1.29, 1.82) is 0 Å². The fourth-order valence-electron chi connectivity index (χ4n) is 1.43. The first kappa shape index (κ1) is 14.7. The summed E-state index contributed by atoms with van der Waals surface area (Å²) in [5.41, 5.74) is 3.65. The minimum Gasteiger partial charge on any atom is -0.545 e. The highest BCUT2D eigenvalue weighted by Crippen LogP contribution is 2.26. The zero-order chi connectivity index (χ0) is 15.6. The number of benzene rings is 1. The van der Waals surface area contributed by atoms with Gasteiger partial charge in [-0.05, 0) is 18.2 Å². The lowest BCUT2D eigenvalue weighted by molar-refractivity contribution is -0.254. The van der Waals surface area contributed by atoms with Gasteiger partial charge in [-0.25, -0.2) is 0 Å². The average molecular weight is 353 g/mol. The number of nitrogens with two attached hydrogens (primary N) is 1. The van der Waals surface area contributed by atoms with Gasteiger partial charge in [-0.15, -0.1) is 10.2 Å². The van der Waals surface area contributed by atoms with Crippen LogP contribution in [0.1, 0.15) is 10.4 Å². The first-order valence-electron chi connectivity index (χ1n) is 5.40. The third-order valence-corrected chi connectivity index (χ3v) is 2.82. The molecule has 0 saturated heterocycles. The molecule has 0 amide bonds. The summed E-state index contributed by atoms with van der Waals surface area (Å²) in [5.74, 6) is -2.46. The molecule has 0 radical (unpaired) electrons. The molecule has 0 aliphatic rings. The number of anilines is 1. The molecule has 0 aliphatic heterocycles. The molecule has 1 aromatic heterocycles. The van der Waals surface area contributed by atoms with Crippen molar-refractivity contribution in [3.63, 3.8) is 0 Å². The van der Waals surface area contributed by atoms with Crippen LogP contribution in [0, 0.1) is 0 Å². The molecule has 10 heteroatoms. The van der Waals surface area contributed by atoms with Crippen molar-refractivity contribution in [2.75, 3.05) is 5.73 Å². The number of hydrogen-bond donors (Lipinski definition) is 3. The molecule has 0 spiro atoms. The number of rotatable bonds is 3. The predicted molar refractivity (Wildman–Crippen MR) is 73.6 cm³/mol. The summed E-state index contributed by atoms with van der Waals surface area (Å²) in [5, 5.41) is 27.6. The number of H-pyrrole nitrogens is 1. The number of aromatic hydroxyl groups is 1. The Morgan fingerprint density at radius 2 is 2.14 bits per heavy atom. The van der Waals surface area contributed by atoms with Crippen LogP contribution < -0.4 is 16.4 Å². The van der Waals surface area contributed by atoms with Crippen LogP contribution in [0.15, 0.2) is 37.7 Å². The molecule has 21 heavy (non-hydrogen) atoms. The summed E-state index contributed by atoms with van der Waals surface area (Å²) in [7, 11) is 0. The highest BCUT2D eigenvalue weighted by atomic mass is 79.9. The number of carboxylic acid groups (broad SMARTS) is 1. The maximum absolute atomic E-state index is 11.5. The van der Waals surface area contributed by atoms with E-state index >= 15 is 0 Å². The predicted octanol–water partition coefficient (Wildman–Crippen LogP) is 0.599. The van der Waals surface area contributed by atoms with E-state index in [1.807, 2.05) is 0 Å². The van der Waals surface area contributed by atoms with E-state index in [2.05, 4.69) is 36.1 Å². The van der Waals surface area contributed by atoms with Crippen LogP contribution in [0.5, 0.6) is 5.88 Å². The van der Waals surface area contributed by atoms with E-state index in [1.165, 1.54) is 18.2 Å². The quantitative estimate of drug-likeness (QED) is 0.686. The molecule has 0 atom stereocenters. The van der Waals surface area contributed by atoms with Gasteiger partial charge in [0.1, 0.15) is 0 Å². The van der Waals surface area contributed by atoms with E-state index in [0.717, 1.165) is 0 Å². The van der Waals surface area contributed by atoms with Crippen LogP contribution >= 0.6 is 15.9 Å². The Balaban J connectivity index is 2.48. The van der Waals surface area contributed by atoms with E-state index in [4.69, 9.17) is 5.73 Å². The van der Waals surface area contributed by atoms with Crippen LogP contribution in [0.2, 0.25) is 0 Å². The highest BCUT2D eigenvalue weighted by Gasteiger charge is 2.10. The van der Waals surface area contributed by atoms with Crippen molar-refractivity contribution >= 4 is 39.2 Å². The highest BCUT2D eigenvalue weighted by molar-refractivity contribution is 9.10. The second-order valence-corrected chi connectivity index (χ2v) is 4.69. The van der Waals surface area contributed by atoms with Crippen LogP contribution in [0.25, 0.3) is 0 Å². The number of aromatic amines is 1. The van der Waals surface area contributed by atoms with E-state index in [-0.39, 0.29) is 17.2 Å². The molecule has 0 unspecified atom stereocenters. The van der Waals surface area contributed by atoms with Crippen LogP contribution in [0.4, 0.5) is 17.3 Å². The lowest BCUT2D eigenvalue weighted by atomic mass is 10.2. The van der Waals surface area contributed by atoms with E-state index in [9.17, 15) is 19.8 Å². The summed E-state index contributed by atoms with van der Waals surface area (Å²) in [4.78, 5) is 28.0. The molecular weight excluding hydrogens is 346 g/mol. The Kier molecular flexibility index (Phi) is 3.98. The lowest BCUT2D eigenvalue weighted by Gasteiger charge is -2.06. The second-order valence-electron chi connectivity index (χ2n) is 3.77. The number of aromatic carboxylic acids is 1. The van der Waals surface area contributed by atoms with Gasteiger partial charge >= 0.3 is 0 Å². The maximum Gasteiger partial charge on any atom is 0.284 e. The molecular formula is C11H7BrN5O4-. The minimum absolute atomic E-state index is 0.0474. The van der Waals surface area contributed by atoms with Gasteiger partial charge in [-0.1, -0.05) is 15.9 Å². The van der Waals surface area contributed by atoms with Crippen molar-refractivity contribution < 1.29 is 15.0 Å². The van der Waals surface area contributed by atoms with Gasteiger partial charge in [-0.2, -0.15) is 4.98 Å². The monoisotopic (exact) mass is 352 g/mol. The number of azo groups is 1. The number of hydrogen-bond acceptors (Lipinski definition) is 8.